The third-order valence-corrected chi connectivity index (χ3v) is 2.74. The van der Waals surface area contributed by atoms with Crippen LogP contribution in [0, 0.1) is 6.92 Å². The van der Waals surface area contributed by atoms with E-state index < -0.39 is 11.5 Å². The first-order valence-corrected chi connectivity index (χ1v) is 5.19. The monoisotopic (exact) mass is 231 g/mol. The molecule has 5 nitrogen and oxygen atoms in total. The standard InChI is InChI=1S/C12H13N3O2/c1-6-4-3-5-7-8(6)10(14-2)9(11(13)16)12(17)15-7/h3-5H,1-2H3,(H2,13,16)(H2,14,15,17). The van der Waals surface area contributed by atoms with Crippen LogP contribution in [0.15, 0.2) is 23.0 Å². The van der Waals surface area contributed by atoms with Crippen LogP contribution in [0.5, 0.6) is 0 Å². The third-order valence-electron chi connectivity index (χ3n) is 2.74. The number of fused-ring (bicyclic) bond motifs is 1. The highest BCUT2D eigenvalue weighted by Crippen LogP contribution is 2.26. The second-order valence-electron chi connectivity index (χ2n) is 3.82. The van der Waals surface area contributed by atoms with Crippen molar-refractivity contribution >= 4 is 22.5 Å². The molecule has 2 aromatic rings. The highest BCUT2D eigenvalue weighted by molar-refractivity contribution is 6.07. The van der Waals surface area contributed by atoms with E-state index in [0.717, 1.165) is 10.9 Å². The molecule has 1 heterocycles. The highest BCUT2D eigenvalue weighted by Gasteiger charge is 2.16. The lowest BCUT2D eigenvalue weighted by atomic mass is 10.0. The van der Waals surface area contributed by atoms with Crippen LogP contribution in [-0.2, 0) is 0 Å². The Balaban J connectivity index is 3.03. The number of benzene rings is 1. The van der Waals surface area contributed by atoms with Crippen LogP contribution in [-0.4, -0.2) is 17.9 Å². The van der Waals surface area contributed by atoms with Gasteiger partial charge >= 0.3 is 0 Å². The van der Waals surface area contributed by atoms with E-state index in [2.05, 4.69) is 10.3 Å². The number of rotatable bonds is 2. The Kier molecular flexibility index (Phi) is 2.59. The average Bonchev–Trinajstić information content (AvgIpc) is 2.26. The maximum atomic E-state index is 11.8. The van der Waals surface area contributed by atoms with E-state index in [1.54, 1.807) is 13.1 Å². The van der Waals surface area contributed by atoms with Gasteiger partial charge in [0.1, 0.15) is 5.56 Å². The minimum atomic E-state index is -0.735. The molecule has 1 amide bonds. The van der Waals surface area contributed by atoms with Crippen molar-refractivity contribution in [2.45, 2.75) is 6.92 Å². The van der Waals surface area contributed by atoms with Gasteiger partial charge in [-0.3, -0.25) is 9.59 Å². The number of hydrogen-bond acceptors (Lipinski definition) is 3. The summed E-state index contributed by atoms with van der Waals surface area (Å²) < 4.78 is 0. The van der Waals surface area contributed by atoms with Crippen molar-refractivity contribution in [3.8, 4) is 0 Å². The van der Waals surface area contributed by atoms with E-state index in [1.807, 2.05) is 19.1 Å². The van der Waals surface area contributed by atoms with Crippen LogP contribution in [0.3, 0.4) is 0 Å². The Labute approximate surface area is 97.6 Å². The molecule has 0 radical (unpaired) electrons. The van der Waals surface area contributed by atoms with Crippen molar-refractivity contribution in [3.05, 3.63) is 39.7 Å². The fourth-order valence-electron chi connectivity index (χ4n) is 2.01. The van der Waals surface area contributed by atoms with E-state index in [1.165, 1.54) is 0 Å². The van der Waals surface area contributed by atoms with Gasteiger partial charge in [0, 0.05) is 12.4 Å². The summed E-state index contributed by atoms with van der Waals surface area (Å²) in [6, 6.07) is 5.54. The molecule has 1 aromatic heterocycles. The lowest BCUT2D eigenvalue weighted by molar-refractivity contribution is 0.1000. The van der Waals surface area contributed by atoms with E-state index in [9.17, 15) is 9.59 Å². The van der Waals surface area contributed by atoms with Crippen LogP contribution in [0.2, 0.25) is 0 Å². The Morgan fingerprint density at radius 1 is 1.41 bits per heavy atom. The van der Waals surface area contributed by atoms with E-state index in [0.29, 0.717) is 11.2 Å². The molecule has 4 N–H and O–H groups in total. The van der Waals surface area contributed by atoms with Gasteiger partial charge in [0.05, 0.1) is 11.2 Å². The fourth-order valence-corrected chi connectivity index (χ4v) is 2.01. The number of amides is 1. The molecule has 0 atom stereocenters. The molecule has 0 fully saturated rings. The highest BCUT2D eigenvalue weighted by atomic mass is 16.2. The molecule has 0 saturated heterocycles. The second-order valence-corrected chi connectivity index (χ2v) is 3.82. The molecule has 0 bridgehead atoms. The number of H-pyrrole nitrogens is 1. The van der Waals surface area contributed by atoms with Crippen molar-refractivity contribution in [2.75, 3.05) is 12.4 Å². The zero-order valence-electron chi connectivity index (χ0n) is 9.63. The van der Waals surface area contributed by atoms with Crippen LogP contribution in [0.25, 0.3) is 10.9 Å². The lowest BCUT2D eigenvalue weighted by Gasteiger charge is -2.11. The maximum absolute atomic E-state index is 11.8. The number of carbonyl (C=O) groups excluding carboxylic acids is 1. The first-order chi connectivity index (χ1) is 8.06. The quantitative estimate of drug-likeness (QED) is 0.719. The Bertz CT molecular complexity index is 659. The number of nitrogens with one attached hydrogen (secondary N) is 2. The van der Waals surface area contributed by atoms with Gasteiger partial charge in [-0.25, -0.2) is 0 Å². The first kappa shape index (κ1) is 11.2. The largest absolute Gasteiger partial charge is 0.387 e. The molecule has 0 aliphatic rings. The summed E-state index contributed by atoms with van der Waals surface area (Å²) in [5.41, 5.74) is 6.86. The van der Waals surface area contributed by atoms with Gasteiger partial charge in [0.2, 0.25) is 0 Å². The molecule has 88 valence electrons. The summed E-state index contributed by atoms with van der Waals surface area (Å²) in [7, 11) is 1.66. The Morgan fingerprint density at radius 2 is 2.12 bits per heavy atom. The van der Waals surface area contributed by atoms with E-state index in [-0.39, 0.29) is 5.56 Å². The van der Waals surface area contributed by atoms with Gasteiger partial charge in [0.25, 0.3) is 11.5 Å². The van der Waals surface area contributed by atoms with Gasteiger partial charge in [-0.1, -0.05) is 12.1 Å². The molecule has 0 spiro atoms. The fraction of sp³-hybridized carbons (Fsp3) is 0.167. The van der Waals surface area contributed by atoms with E-state index in [4.69, 9.17) is 5.73 Å². The SMILES string of the molecule is CNc1c(C(N)=O)c(=O)[nH]c2cccc(C)c12. The van der Waals surface area contributed by atoms with Crippen molar-refractivity contribution in [2.24, 2.45) is 5.73 Å². The van der Waals surface area contributed by atoms with Crippen molar-refractivity contribution in [3.63, 3.8) is 0 Å². The molecular weight excluding hydrogens is 218 g/mol. The number of nitrogens with two attached hydrogens (primary N) is 1. The Morgan fingerprint density at radius 3 is 2.71 bits per heavy atom. The zero-order valence-corrected chi connectivity index (χ0v) is 9.63. The molecule has 0 saturated carbocycles. The Hall–Kier alpha value is -2.30. The maximum Gasteiger partial charge on any atom is 0.263 e. The summed E-state index contributed by atoms with van der Waals surface area (Å²) in [5.74, 6) is -0.735. The van der Waals surface area contributed by atoms with Crippen LogP contribution >= 0.6 is 0 Å². The molecule has 5 heteroatoms. The molecular formula is C12H13N3O2. The molecule has 0 unspecified atom stereocenters. The number of aryl methyl sites for hydroxylation is 1. The summed E-state index contributed by atoms with van der Waals surface area (Å²) in [4.78, 5) is 25.7. The second kappa shape index (κ2) is 3.93. The van der Waals surface area contributed by atoms with Crippen LogP contribution in [0.1, 0.15) is 15.9 Å². The predicted octanol–water partition coefficient (Wildman–Crippen LogP) is 0.977. The number of carbonyl (C=O) groups is 1. The number of primary amides is 1. The van der Waals surface area contributed by atoms with Gasteiger partial charge in [-0.15, -0.1) is 0 Å². The summed E-state index contributed by atoms with van der Waals surface area (Å²) in [5, 5.41) is 3.69. The van der Waals surface area contributed by atoms with Gasteiger partial charge in [0.15, 0.2) is 0 Å². The minimum absolute atomic E-state index is 0.0331. The van der Waals surface area contributed by atoms with Crippen molar-refractivity contribution in [1.82, 2.24) is 4.98 Å². The van der Waals surface area contributed by atoms with Gasteiger partial charge < -0.3 is 16.0 Å². The van der Waals surface area contributed by atoms with Crippen molar-refractivity contribution in [1.29, 1.82) is 0 Å². The average molecular weight is 231 g/mol. The normalized spacial score (nSPS) is 10.5. The first-order valence-electron chi connectivity index (χ1n) is 5.19. The summed E-state index contributed by atoms with van der Waals surface area (Å²) >= 11 is 0. The molecule has 0 aliphatic heterocycles. The van der Waals surface area contributed by atoms with Crippen molar-refractivity contribution < 1.29 is 4.79 Å². The number of anilines is 1. The smallest absolute Gasteiger partial charge is 0.263 e. The predicted molar refractivity (Wildman–Crippen MR) is 67.4 cm³/mol. The van der Waals surface area contributed by atoms with Gasteiger partial charge in [-0.2, -0.15) is 0 Å². The molecule has 0 aliphatic carbocycles. The number of hydrogen-bond donors (Lipinski definition) is 3. The lowest BCUT2D eigenvalue weighted by Crippen LogP contribution is -2.25. The van der Waals surface area contributed by atoms with Gasteiger partial charge in [-0.05, 0) is 18.6 Å². The molecule has 17 heavy (non-hydrogen) atoms. The minimum Gasteiger partial charge on any atom is -0.387 e. The number of aromatic nitrogens is 1. The summed E-state index contributed by atoms with van der Waals surface area (Å²) in [6.07, 6.45) is 0. The van der Waals surface area contributed by atoms with E-state index >= 15 is 0 Å². The third kappa shape index (κ3) is 1.65. The molecule has 2 rings (SSSR count). The topological polar surface area (TPSA) is 88.0 Å². The zero-order chi connectivity index (χ0) is 12.6. The number of aromatic amines is 1. The summed E-state index contributed by atoms with van der Waals surface area (Å²) in [6.45, 7) is 1.91. The van der Waals surface area contributed by atoms with Crippen LogP contribution in [0.4, 0.5) is 5.69 Å². The number of pyridine rings is 1. The van der Waals surface area contributed by atoms with Crippen LogP contribution < -0.4 is 16.6 Å². The molecule has 1 aromatic carbocycles.